The molecule has 0 radical (unpaired) electrons. The third-order valence-corrected chi connectivity index (χ3v) is 3.41. The van der Waals surface area contributed by atoms with Crippen molar-refractivity contribution in [3.8, 4) is 0 Å². The molecule has 108 valence electrons. The van der Waals surface area contributed by atoms with Gasteiger partial charge in [0.2, 0.25) is 0 Å². The predicted octanol–water partition coefficient (Wildman–Crippen LogP) is 5.42. The van der Waals surface area contributed by atoms with E-state index in [1.807, 2.05) is 0 Å². The number of nitrogens with zero attached hydrogens (tertiary/aromatic N) is 1. The molecule has 0 amide bonds. The molecule has 0 aromatic carbocycles. The van der Waals surface area contributed by atoms with Crippen molar-refractivity contribution in [2.45, 2.75) is 78.6 Å². The van der Waals surface area contributed by atoms with Gasteiger partial charge in [0.1, 0.15) is 0 Å². The fourth-order valence-electron chi connectivity index (χ4n) is 2.44. The molecule has 0 aliphatic rings. The van der Waals surface area contributed by atoms with Gasteiger partial charge in [0.05, 0.1) is 0 Å². The van der Waals surface area contributed by atoms with E-state index in [-0.39, 0.29) is 0 Å². The van der Waals surface area contributed by atoms with E-state index in [2.05, 4.69) is 37.8 Å². The highest BCUT2D eigenvalue weighted by molar-refractivity contribution is 4.76. The van der Waals surface area contributed by atoms with E-state index in [1.54, 1.807) is 0 Å². The normalized spacial score (nSPS) is 11.8. The van der Waals surface area contributed by atoms with Gasteiger partial charge in [-0.05, 0) is 58.7 Å². The van der Waals surface area contributed by atoms with Crippen LogP contribution in [0.4, 0.5) is 0 Å². The topological polar surface area (TPSA) is 3.24 Å². The smallest absolute Gasteiger partial charge is 0.00187 e. The summed E-state index contributed by atoms with van der Waals surface area (Å²) in [5, 5.41) is 0. The summed E-state index contributed by atoms with van der Waals surface area (Å²) >= 11 is 0. The Morgan fingerprint density at radius 3 is 1.83 bits per heavy atom. The van der Waals surface area contributed by atoms with Crippen LogP contribution in [0.1, 0.15) is 78.6 Å². The standard InChI is InChI=1S/C17H35N/c1-4-7-8-9-10-11-12-13-14-17-18(15-5-2)16-6-3/h4,7H,5-6,8-17H2,1-3H3. The fraction of sp³-hybridized carbons (Fsp3) is 0.882. The highest BCUT2D eigenvalue weighted by atomic mass is 15.1. The van der Waals surface area contributed by atoms with Gasteiger partial charge in [-0.2, -0.15) is 0 Å². The molecule has 0 aromatic rings. The number of unbranched alkanes of at least 4 members (excludes halogenated alkanes) is 6. The van der Waals surface area contributed by atoms with Gasteiger partial charge in [0.25, 0.3) is 0 Å². The Kier molecular flexibility index (Phi) is 14.5. The molecule has 0 fully saturated rings. The summed E-state index contributed by atoms with van der Waals surface area (Å²) in [6.45, 7) is 10.6. The third-order valence-electron chi connectivity index (χ3n) is 3.41. The van der Waals surface area contributed by atoms with E-state index >= 15 is 0 Å². The zero-order valence-corrected chi connectivity index (χ0v) is 13.1. The van der Waals surface area contributed by atoms with Gasteiger partial charge in [0, 0.05) is 0 Å². The van der Waals surface area contributed by atoms with Crippen LogP contribution in [-0.4, -0.2) is 24.5 Å². The summed E-state index contributed by atoms with van der Waals surface area (Å²) in [6, 6.07) is 0. The van der Waals surface area contributed by atoms with Gasteiger partial charge < -0.3 is 4.90 Å². The minimum Gasteiger partial charge on any atom is -0.303 e. The van der Waals surface area contributed by atoms with Gasteiger partial charge in [-0.3, -0.25) is 0 Å². The molecule has 0 aromatic heterocycles. The van der Waals surface area contributed by atoms with Gasteiger partial charge >= 0.3 is 0 Å². The Morgan fingerprint density at radius 1 is 0.722 bits per heavy atom. The summed E-state index contributed by atoms with van der Waals surface area (Å²) in [6.07, 6.45) is 16.8. The monoisotopic (exact) mass is 253 g/mol. The van der Waals surface area contributed by atoms with Crippen molar-refractivity contribution in [3.63, 3.8) is 0 Å². The summed E-state index contributed by atoms with van der Waals surface area (Å²) < 4.78 is 0. The molecule has 0 saturated carbocycles. The van der Waals surface area contributed by atoms with E-state index in [4.69, 9.17) is 0 Å². The van der Waals surface area contributed by atoms with Crippen LogP contribution in [0, 0.1) is 0 Å². The Hall–Kier alpha value is -0.300. The molecule has 0 aliphatic heterocycles. The molecular weight excluding hydrogens is 218 g/mol. The van der Waals surface area contributed by atoms with E-state index in [9.17, 15) is 0 Å². The van der Waals surface area contributed by atoms with Gasteiger partial charge in [-0.15, -0.1) is 0 Å². The van der Waals surface area contributed by atoms with E-state index in [0.717, 1.165) is 0 Å². The van der Waals surface area contributed by atoms with Crippen LogP contribution in [0.3, 0.4) is 0 Å². The lowest BCUT2D eigenvalue weighted by Gasteiger charge is -2.20. The molecule has 0 N–H and O–H groups in total. The Morgan fingerprint density at radius 2 is 1.28 bits per heavy atom. The maximum Gasteiger partial charge on any atom is -0.00187 e. The lowest BCUT2D eigenvalue weighted by Crippen LogP contribution is -2.26. The average Bonchev–Trinajstić information content (AvgIpc) is 2.37. The average molecular weight is 253 g/mol. The highest BCUT2D eigenvalue weighted by Crippen LogP contribution is 2.08. The molecule has 1 heteroatoms. The Bertz CT molecular complexity index is 168. The minimum atomic E-state index is 1.28. The second kappa shape index (κ2) is 14.8. The maximum atomic E-state index is 2.63. The van der Waals surface area contributed by atoms with Crippen LogP contribution < -0.4 is 0 Å². The molecule has 0 spiro atoms. The molecule has 0 rings (SSSR count). The highest BCUT2D eigenvalue weighted by Gasteiger charge is 2.01. The molecule has 0 heterocycles. The van der Waals surface area contributed by atoms with Crippen LogP contribution in [0.15, 0.2) is 12.2 Å². The number of hydrogen-bond acceptors (Lipinski definition) is 1. The van der Waals surface area contributed by atoms with E-state index < -0.39 is 0 Å². The Balaban J connectivity index is 3.26. The van der Waals surface area contributed by atoms with Crippen LogP contribution in [0.5, 0.6) is 0 Å². The first-order valence-electron chi connectivity index (χ1n) is 8.18. The minimum absolute atomic E-state index is 1.28. The van der Waals surface area contributed by atoms with Crippen molar-refractivity contribution in [2.75, 3.05) is 19.6 Å². The zero-order valence-electron chi connectivity index (χ0n) is 13.1. The zero-order chi connectivity index (χ0) is 13.5. The third kappa shape index (κ3) is 12.2. The number of allylic oxidation sites excluding steroid dienone is 2. The second-order valence-electron chi connectivity index (χ2n) is 5.32. The number of hydrogen-bond donors (Lipinski definition) is 0. The second-order valence-corrected chi connectivity index (χ2v) is 5.32. The lowest BCUT2D eigenvalue weighted by molar-refractivity contribution is 0.267. The number of rotatable bonds is 13. The van der Waals surface area contributed by atoms with Crippen molar-refractivity contribution in [1.82, 2.24) is 4.90 Å². The summed E-state index contributed by atoms with van der Waals surface area (Å²) in [5.41, 5.74) is 0. The molecular formula is C17H35N. The van der Waals surface area contributed by atoms with Crippen molar-refractivity contribution in [2.24, 2.45) is 0 Å². The molecule has 0 unspecified atom stereocenters. The van der Waals surface area contributed by atoms with Crippen molar-refractivity contribution in [1.29, 1.82) is 0 Å². The predicted molar refractivity (Wildman–Crippen MR) is 84.2 cm³/mol. The maximum absolute atomic E-state index is 2.63. The van der Waals surface area contributed by atoms with Crippen LogP contribution in [0.25, 0.3) is 0 Å². The van der Waals surface area contributed by atoms with Crippen molar-refractivity contribution in [3.05, 3.63) is 12.2 Å². The van der Waals surface area contributed by atoms with E-state index in [0.29, 0.717) is 0 Å². The molecule has 18 heavy (non-hydrogen) atoms. The molecule has 0 saturated heterocycles. The quantitative estimate of drug-likeness (QED) is 0.313. The molecule has 0 bridgehead atoms. The van der Waals surface area contributed by atoms with Gasteiger partial charge in [-0.1, -0.05) is 51.7 Å². The van der Waals surface area contributed by atoms with Crippen molar-refractivity contribution < 1.29 is 0 Å². The molecule has 0 aliphatic carbocycles. The fourth-order valence-corrected chi connectivity index (χ4v) is 2.44. The van der Waals surface area contributed by atoms with E-state index in [1.165, 1.54) is 77.4 Å². The van der Waals surface area contributed by atoms with Crippen LogP contribution in [0.2, 0.25) is 0 Å². The first kappa shape index (κ1) is 17.7. The molecule has 1 nitrogen and oxygen atoms in total. The Labute approximate surface area is 116 Å². The SMILES string of the molecule is CC=CCCCCCCCCN(CCC)CCC. The van der Waals surface area contributed by atoms with Gasteiger partial charge in [-0.25, -0.2) is 0 Å². The first-order chi connectivity index (χ1) is 8.85. The van der Waals surface area contributed by atoms with Crippen molar-refractivity contribution >= 4 is 0 Å². The molecule has 0 atom stereocenters. The summed E-state index contributed by atoms with van der Waals surface area (Å²) in [4.78, 5) is 2.63. The van der Waals surface area contributed by atoms with Gasteiger partial charge in [0.15, 0.2) is 0 Å². The lowest BCUT2D eigenvalue weighted by atomic mass is 10.1. The largest absolute Gasteiger partial charge is 0.303 e. The first-order valence-corrected chi connectivity index (χ1v) is 8.18. The summed E-state index contributed by atoms with van der Waals surface area (Å²) in [5.74, 6) is 0. The van der Waals surface area contributed by atoms with Crippen LogP contribution in [-0.2, 0) is 0 Å². The van der Waals surface area contributed by atoms with Crippen LogP contribution >= 0.6 is 0 Å². The summed E-state index contributed by atoms with van der Waals surface area (Å²) in [7, 11) is 0.